The van der Waals surface area contributed by atoms with Gasteiger partial charge in [-0.1, -0.05) is 35.9 Å². The van der Waals surface area contributed by atoms with Crippen LogP contribution in [0.25, 0.3) is 22.3 Å². The zero-order valence-electron chi connectivity index (χ0n) is 14.6. The van der Waals surface area contributed by atoms with Crippen molar-refractivity contribution in [3.05, 3.63) is 65.5 Å². The summed E-state index contributed by atoms with van der Waals surface area (Å²) in [4.78, 5) is 8.52. The maximum absolute atomic E-state index is 9.82. The van der Waals surface area contributed by atoms with E-state index in [1.54, 1.807) is 18.2 Å². The van der Waals surface area contributed by atoms with Gasteiger partial charge in [-0.3, -0.25) is 0 Å². The van der Waals surface area contributed by atoms with Crippen molar-refractivity contribution in [2.45, 2.75) is 20.4 Å². The van der Waals surface area contributed by atoms with Crippen molar-refractivity contribution in [3.63, 3.8) is 0 Å². The van der Waals surface area contributed by atoms with Crippen LogP contribution in [-0.4, -0.2) is 24.9 Å². The molecule has 4 rings (SSSR count). The van der Waals surface area contributed by atoms with E-state index in [-0.39, 0.29) is 5.75 Å². The number of nitrogen functional groups attached to an aromatic ring is 1. The lowest BCUT2D eigenvalue weighted by Gasteiger charge is -2.08. The number of phenolic OH excluding ortho intramolecular Hbond substituents is 1. The fraction of sp³-hybridized carbons (Fsp3) is 0.150. The molecule has 26 heavy (non-hydrogen) atoms. The monoisotopic (exact) mass is 345 g/mol. The maximum Gasteiger partial charge on any atom is 0.164 e. The van der Waals surface area contributed by atoms with Gasteiger partial charge in [-0.2, -0.15) is 5.10 Å². The molecular weight excluding hydrogens is 326 g/mol. The molecule has 0 unspecified atom stereocenters. The summed E-state index contributed by atoms with van der Waals surface area (Å²) in [6, 6.07) is 13.3. The van der Waals surface area contributed by atoms with Gasteiger partial charge in [0.1, 0.15) is 23.6 Å². The van der Waals surface area contributed by atoms with Crippen molar-refractivity contribution in [3.8, 4) is 17.0 Å². The predicted molar refractivity (Wildman–Crippen MR) is 102 cm³/mol. The number of anilines is 1. The number of nitrogens with two attached hydrogens (primary N) is 1. The van der Waals surface area contributed by atoms with E-state index in [1.807, 2.05) is 10.7 Å². The molecule has 0 fully saturated rings. The van der Waals surface area contributed by atoms with Crippen molar-refractivity contribution in [1.29, 1.82) is 0 Å². The van der Waals surface area contributed by atoms with E-state index in [1.165, 1.54) is 23.0 Å². The molecule has 0 saturated heterocycles. The third kappa shape index (κ3) is 2.75. The van der Waals surface area contributed by atoms with Crippen LogP contribution in [-0.2, 0) is 6.54 Å². The molecule has 130 valence electrons. The van der Waals surface area contributed by atoms with Crippen molar-refractivity contribution in [2.75, 3.05) is 5.73 Å². The first-order chi connectivity index (χ1) is 12.5. The number of hydrogen-bond acceptors (Lipinski definition) is 5. The number of hydrogen-bond donors (Lipinski definition) is 2. The standard InChI is InChI=1S/C20H19N5O/c1-12-6-7-15(13(2)8-12)10-25-20-17(19(21)22-11-23-20)18(24-25)14-4-3-5-16(26)9-14/h3-9,11,26H,10H2,1-2H3,(H2,21,22,23). The van der Waals surface area contributed by atoms with Crippen molar-refractivity contribution in [1.82, 2.24) is 19.7 Å². The average molecular weight is 345 g/mol. The second kappa shape index (κ2) is 6.15. The lowest BCUT2D eigenvalue weighted by Crippen LogP contribution is -2.05. The quantitative estimate of drug-likeness (QED) is 0.593. The minimum Gasteiger partial charge on any atom is -0.508 e. The lowest BCUT2D eigenvalue weighted by molar-refractivity contribution is 0.475. The molecule has 2 aromatic heterocycles. The first-order valence-corrected chi connectivity index (χ1v) is 8.35. The molecule has 0 atom stereocenters. The van der Waals surface area contributed by atoms with Gasteiger partial charge >= 0.3 is 0 Å². The van der Waals surface area contributed by atoms with Crippen molar-refractivity contribution < 1.29 is 5.11 Å². The largest absolute Gasteiger partial charge is 0.508 e. The van der Waals surface area contributed by atoms with E-state index >= 15 is 0 Å². The van der Waals surface area contributed by atoms with Crippen LogP contribution in [0.15, 0.2) is 48.8 Å². The molecule has 0 aliphatic rings. The van der Waals surface area contributed by atoms with E-state index in [2.05, 4.69) is 42.0 Å². The molecule has 2 heterocycles. The normalized spacial score (nSPS) is 11.2. The zero-order valence-corrected chi connectivity index (χ0v) is 14.6. The highest BCUT2D eigenvalue weighted by atomic mass is 16.3. The van der Waals surface area contributed by atoms with Crippen LogP contribution in [0.2, 0.25) is 0 Å². The van der Waals surface area contributed by atoms with E-state index in [0.717, 1.165) is 5.56 Å². The van der Waals surface area contributed by atoms with Crippen LogP contribution >= 0.6 is 0 Å². The maximum atomic E-state index is 9.82. The Labute approximate surface area is 151 Å². The van der Waals surface area contributed by atoms with Crippen molar-refractivity contribution in [2.24, 2.45) is 0 Å². The van der Waals surface area contributed by atoms with Crippen LogP contribution in [0, 0.1) is 13.8 Å². The SMILES string of the molecule is Cc1ccc(Cn2nc(-c3cccc(O)c3)c3c(N)ncnc32)c(C)c1. The van der Waals surface area contributed by atoms with Gasteiger partial charge in [-0.05, 0) is 37.1 Å². The van der Waals surface area contributed by atoms with Gasteiger partial charge in [0.05, 0.1) is 11.9 Å². The Morgan fingerprint density at radius 2 is 1.92 bits per heavy atom. The highest BCUT2D eigenvalue weighted by Gasteiger charge is 2.17. The van der Waals surface area contributed by atoms with Gasteiger partial charge in [0.2, 0.25) is 0 Å². The number of aryl methyl sites for hydroxylation is 2. The van der Waals surface area contributed by atoms with Gasteiger partial charge in [-0.15, -0.1) is 0 Å². The van der Waals surface area contributed by atoms with Crippen molar-refractivity contribution >= 4 is 16.9 Å². The summed E-state index contributed by atoms with van der Waals surface area (Å²) < 4.78 is 1.84. The third-order valence-electron chi connectivity index (χ3n) is 4.50. The van der Waals surface area contributed by atoms with Gasteiger partial charge in [0.15, 0.2) is 5.65 Å². The molecule has 0 aliphatic carbocycles. The third-order valence-corrected chi connectivity index (χ3v) is 4.50. The molecule has 3 N–H and O–H groups in total. The predicted octanol–water partition coefficient (Wildman–Crippen LogP) is 3.45. The highest BCUT2D eigenvalue weighted by Crippen LogP contribution is 2.32. The van der Waals surface area contributed by atoms with Crippen LogP contribution in [0.4, 0.5) is 5.82 Å². The summed E-state index contributed by atoms with van der Waals surface area (Å²) in [5.74, 6) is 0.551. The molecule has 0 amide bonds. The number of nitrogens with zero attached hydrogens (tertiary/aromatic N) is 4. The molecule has 0 radical (unpaired) electrons. The van der Waals surface area contributed by atoms with Gasteiger partial charge in [-0.25, -0.2) is 14.6 Å². The van der Waals surface area contributed by atoms with Crippen LogP contribution in [0.1, 0.15) is 16.7 Å². The van der Waals surface area contributed by atoms with Gasteiger partial charge in [0.25, 0.3) is 0 Å². The smallest absolute Gasteiger partial charge is 0.164 e. The fourth-order valence-electron chi connectivity index (χ4n) is 3.18. The second-order valence-corrected chi connectivity index (χ2v) is 6.44. The summed E-state index contributed by atoms with van der Waals surface area (Å²) in [7, 11) is 0. The van der Waals surface area contributed by atoms with E-state index in [4.69, 9.17) is 10.8 Å². The molecule has 6 nitrogen and oxygen atoms in total. The Bertz CT molecular complexity index is 1120. The minimum atomic E-state index is 0.176. The van der Waals surface area contributed by atoms with Gasteiger partial charge < -0.3 is 10.8 Å². The van der Waals surface area contributed by atoms with E-state index in [9.17, 15) is 5.11 Å². The first-order valence-electron chi connectivity index (χ1n) is 8.35. The Kier molecular flexibility index (Phi) is 3.80. The first kappa shape index (κ1) is 16.1. The summed E-state index contributed by atoms with van der Waals surface area (Å²) in [6.07, 6.45) is 1.45. The Balaban J connectivity index is 1.90. The molecule has 0 spiro atoms. The van der Waals surface area contributed by atoms with Crippen LogP contribution < -0.4 is 5.73 Å². The molecule has 0 aliphatic heterocycles. The Morgan fingerprint density at radius 1 is 1.08 bits per heavy atom. The van der Waals surface area contributed by atoms with E-state index in [0.29, 0.717) is 29.1 Å². The summed E-state index contributed by atoms with van der Waals surface area (Å²) in [5.41, 5.74) is 11.8. The number of benzene rings is 2. The highest BCUT2D eigenvalue weighted by molar-refractivity contribution is 5.98. The molecule has 2 aromatic carbocycles. The lowest BCUT2D eigenvalue weighted by atomic mass is 10.1. The second-order valence-electron chi connectivity index (χ2n) is 6.44. The minimum absolute atomic E-state index is 0.176. The zero-order chi connectivity index (χ0) is 18.3. The van der Waals surface area contributed by atoms with E-state index < -0.39 is 0 Å². The number of rotatable bonds is 3. The summed E-state index contributed by atoms with van der Waals surface area (Å²) in [5, 5.41) is 15.3. The molecule has 0 saturated carbocycles. The number of fused-ring (bicyclic) bond motifs is 1. The fourth-order valence-corrected chi connectivity index (χ4v) is 3.18. The summed E-state index contributed by atoms with van der Waals surface area (Å²) in [6.45, 7) is 4.75. The summed E-state index contributed by atoms with van der Waals surface area (Å²) >= 11 is 0. The number of aromatic hydroxyl groups is 1. The van der Waals surface area contributed by atoms with Gasteiger partial charge in [0, 0.05) is 5.56 Å². The topological polar surface area (TPSA) is 89.8 Å². The molecule has 0 bridgehead atoms. The van der Waals surface area contributed by atoms with Crippen LogP contribution in [0.5, 0.6) is 5.75 Å². The molecule has 6 heteroatoms. The average Bonchev–Trinajstić information content (AvgIpc) is 2.97. The Hall–Kier alpha value is -3.41. The molecular formula is C20H19N5O. The number of phenols is 1. The number of aromatic nitrogens is 4. The molecule has 4 aromatic rings. The van der Waals surface area contributed by atoms with Crippen LogP contribution in [0.3, 0.4) is 0 Å². The Morgan fingerprint density at radius 3 is 2.69 bits per heavy atom.